The summed E-state index contributed by atoms with van der Waals surface area (Å²) in [4.78, 5) is 28.1. The third kappa shape index (κ3) is 7.81. The van der Waals surface area contributed by atoms with Gasteiger partial charge >= 0.3 is 0 Å². The summed E-state index contributed by atoms with van der Waals surface area (Å²) in [6.45, 7) is 7.65. The van der Waals surface area contributed by atoms with Crippen molar-refractivity contribution in [2.24, 2.45) is 0 Å². The molecule has 0 aliphatic carbocycles. The lowest BCUT2D eigenvalue weighted by Crippen LogP contribution is -2.51. The van der Waals surface area contributed by atoms with Crippen LogP contribution in [0.2, 0.25) is 0 Å². The smallest absolute Gasteiger partial charge is 0.264 e. The molecule has 10 heteroatoms. The van der Waals surface area contributed by atoms with Crippen molar-refractivity contribution in [3.8, 4) is 5.75 Å². The fourth-order valence-electron chi connectivity index (χ4n) is 4.12. The van der Waals surface area contributed by atoms with E-state index in [0.29, 0.717) is 18.9 Å². The lowest BCUT2D eigenvalue weighted by molar-refractivity contribution is -0.139. The molecule has 8 nitrogen and oxygen atoms in total. The molecule has 3 rings (SSSR count). The predicted octanol–water partition coefficient (Wildman–Crippen LogP) is 4.67. The van der Waals surface area contributed by atoms with E-state index in [1.54, 1.807) is 6.92 Å². The molecule has 214 valence electrons. The third-order valence-corrected chi connectivity index (χ3v) is 8.06. The van der Waals surface area contributed by atoms with Crippen molar-refractivity contribution in [3.63, 3.8) is 0 Å². The number of carbonyl (C=O) groups is 2. The Balaban J connectivity index is 2.01. The van der Waals surface area contributed by atoms with Gasteiger partial charge in [-0.1, -0.05) is 36.8 Å². The van der Waals surface area contributed by atoms with E-state index in [1.807, 2.05) is 45.0 Å². The first-order chi connectivity index (χ1) is 19.1. The maximum Gasteiger partial charge on any atom is 0.264 e. The van der Waals surface area contributed by atoms with Gasteiger partial charge in [-0.25, -0.2) is 12.8 Å². The molecule has 0 saturated heterocycles. The molecular formula is C30H36FN3O5S. The van der Waals surface area contributed by atoms with Crippen LogP contribution in [0.15, 0.2) is 77.7 Å². The molecule has 0 spiro atoms. The highest BCUT2D eigenvalue weighted by Crippen LogP contribution is 2.26. The molecule has 1 N–H and O–H groups in total. The van der Waals surface area contributed by atoms with Gasteiger partial charge in [0, 0.05) is 13.1 Å². The molecule has 0 saturated carbocycles. The van der Waals surface area contributed by atoms with Crippen molar-refractivity contribution in [1.29, 1.82) is 0 Å². The molecule has 0 radical (unpaired) electrons. The normalized spacial score (nSPS) is 11.9. The summed E-state index contributed by atoms with van der Waals surface area (Å²) in [6, 6.07) is 17.4. The summed E-state index contributed by atoms with van der Waals surface area (Å²) in [6.07, 6.45) is 0.725. The van der Waals surface area contributed by atoms with Gasteiger partial charge in [-0.05, 0) is 81.3 Å². The Labute approximate surface area is 235 Å². The quantitative estimate of drug-likeness (QED) is 0.323. The van der Waals surface area contributed by atoms with Crippen LogP contribution in [0.4, 0.5) is 10.1 Å². The van der Waals surface area contributed by atoms with Gasteiger partial charge in [0.15, 0.2) is 0 Å². The van der Waals surface area contributed by atoms with Crippen molar-refractivity contribution in [2.45, 2.75) is 51.6 Å². The van der Waals surface area contributed by atoms with Gasteiger partial charge in [0.1, 0.15) is 24.2 Å². The maximum absolute atomic E-state index is 13.9. The van der Waals surface area contributed by atoms with Gasteiger partial charge < -0.3 is 15.0 Å². The van der Waals surface area contributed by atoms with Crippen LogP contribution in [-0.4, -0.2) is 50.9 Å². The Morgan fingerprint density at radius 1 is 1.00 bits per heavy atom. The van der Waals surface area contributed by atoms with Gasteiger partial charge in [0.2, 0.25) is 11.8 Å². The predicted molar refractivity (Wildman–Crippen MR) is 153 cm³/mol. The SMILES string of the molecule is CCCNC(=O)[C@@H](C)N(Cc1cccc(C)c1)C(=O)CN(c1ccc(F)cc1)S(=O)(=O)c1ccc(OCC)cc1. The van der Waals surface area contributed by atoms with Gasteiger partial charge in [-0.15, -0.1) is 0 Å². The van der Waals surface area contributed by atoms with E-state index in [1.165, 1.54) is 41.3 Å². The number of halogens is 1. The van der Waals surface area contributed by atoms with E-state index in [9.17, 15) is 22.4 Å². The molecule has 0 aliphatic heterocycles. The van der Waals surface area contributed by atoms with Gasteiger partial charge in [0.05, 0.1) is 17.2 Å². The molecular weight excluding hydrogens is 533 g/mol. The van der Waals surface area contributed by atoms with E-state index in [2.05, 4.69) is 5.32 Å². The highest BCUT2D eigenvalue weighted by atomic mass is 32.2. The van der Waals surface area contributed by atoms with Crippen molar-refractivity contribution < 1.29 is 27.1 Å². The molecule has 0 fully saturated rings. The molecule has 2 amide bonds. The number of nitrogens with one attached hydrogen (secondary N) is 1. The molecule has 1 atom stereocenters. The van der Waals surface area contributed by atoms with Gasteiger partial charge in [-0.3, -0.25) is 13.9 Å². The van der Waals surface area contributed by atoms with Crippen LogP contribution >= 0.6 is 0 Å². The second kappa shape index (κ2) is 13.9. The van der Waals surface area contributed by atoms with Gasteiger partial charge in [-0.2, -0.15) is 0 Å². The summed E-state index contributed by atoms with van der Waals surface area (Å²) >= 11 is 0. The van der Waals surface area contributed by atoms with E-state index in [4.69, 9.17) is 4.74 Å². The molecule has 40 heavy (non-hydrogen) atoms. The standard InChI is InChI=1S/C30H36FN3O5S/c1-5-18-32-30(36)23(4)33(20-24-9-7-8-22(3)19-24)29(35)21-34(26-12-10-25(31)11-13-26)40(37,38)28-16-14-27(15-17-28)39-6-2/h7-17,19,23H,5-6,18,20-21H2,1-4H3,(H,32,36)/t23-/m1/s1. The number of anilines is 1. The summed E-state index contributed by atoms with van der Waals surface area (Å²) in [7, 11) is -4.26. The maximum atomic E-state index is 13.9. The third-order valence-electron chi connectivity index (χ3n) is 6.27. The number of carbonyl (C=O) groups excluding carboxylic acids is 2. The van der Waals surface area contributed by atoms with Crippen molar-refractivity contribution in [2.75, 3.05) is 24.0 Å². The second-order valence-corrected chi connectivity index (χ2v) is 11.2. The molecule has 0 heterocycles. The van der Waals surface area contributed by atoms with Crippen molar-refractivity contribution >= 4 is 27.5 Å². The first-order valence-electron chi connectivity index (χ1n) is 13.2. The second-order valence-electron chi connectivity index (χ2n) is 9.37. The minimum Gasteiger partial charge on any atom is -0.494 e. The summed E-state index contributed by atoms with van der Waals surface area (Å²) in [5.74, 6) is -0.970. The zero-order valence-corrected chi connectivity index (χ0v) is 24.1. The van der Waals surface area contributed by atoms with Crippen molar-refractivity contribution in [1.82, 2.24) is 10.2 Å². The van der Waals surface area contributed by atoms with Crippen LogP contribution in [0, 0.1) is 12.7 Å². The lowest BCUT2D eigenvalue weighted by atomic mass is 10.1. The number of benzene rings is 3. The Morgan fingerprint density at radius 3 is 2.27 bits per heavy atom. The van der Waals surface area contributed by atoms with Crippen LogP contribution in [-0.2, 0) is 26.2 Å². The van der Waals surface area contributed by atoms with Crippen LogP contribution in [0.1, 0.15) is 38.3 Å². The largest absolute Gasteiger partial charge is 0.494 e. The van der Waals surface area contributed by atoms with Crippen LogP contribution < -0.4 is 14.4 Å². The number of nitrogens with zero attached hydrogens (tertiary/aromatic N) is 2. The lowest BCUT2D eigenvalue weighted by Gasteiger charge is -2.32. The fraction of sp³-hybridized carbons (Fsp3) is 0.333. The average molecular weight is 570 g/mol. The Kier molecular flexibility index (Phi) is 10.7. The Bertz CT molecular complexity index is 1400. The van der Waals surface area contributed by atoms with E-state index in [0.717, 1.165) is 34.0 Å². The highest BCUT2D eigenvalue weighted by Gasteiger charge is 2.32. The molecule has 0 bridgehead atoms. The number of sulfonamides is 1. The summed E-state index contributed by atoms with van der Waals surface area (Å²) in [5.41, 5.74) is 1.90. The van der Waals surface area contributed by atoms with E-state index < -0.39 is 34.3 Å². The number of ether oxygens (including phenoxy) is 1. The number of aryl methyl sites for hydroxylation is 1. The summed E-state index contributed by atoms with van der Waals surface area (Å²) < 4.78 is 47.8. The van der Waals surface area contributed by atoms with Gasteiger partial charge in [0.25, 0.3) is 10.0 Å². The zero-order valence-electron chi connectivity index (χ0n) is 23.3. The minimum atomic E-state index is -4.26. The minimum absolute atomic E-state index is 0.0629. The number of hydrogen-bond donors (Lipinski definition) is 1. The van der Waals surface area contributed by atoms with E-state index in [-0.39, 0.29) is 23.0 Å². The fourth-order valence-corrected chi connectivity index (χ4v) is 5.54. The first-order valence-corrected chi connectivity index (χ1v) is 14.6. The average Bonchev–Trinajstić information content (AvgIpc) is 2.94. The Hall–Kier alpha value is -3.92. The van der Waals surface area contributed by atoms with Crippen molar-refractivity contribution in [3.05, 3.63) is 89.7 Å². The molecule has 0 aromatic heterocycles. The molecule has 3 aromatic rings. The molecule has 3 aromatic carbocycles. The number of rotatable bonds is 13. The van der Waals surface area contributed by atoms with Crippen LogP contribution in [0.5, 0.6) is 5.75 Å². The molecule has 0 unspecified atom stereocenters. The zero-order chi connectivity index (χ0) is 29.3. The highest BCUT2D eigenvalue weighted by molar-refractivity contribution is 7.92. The monoisotopic (exact) mass is 569 g/mol. The number of hydrogen-bond acceptors (Lipinski definition) is 5. The topological polar surface area (TPSA) is 96.0 Å². The number of amides is 2. The Morgan fingerprint density at radius 2 is 1.68 bits per heavy atom. The summed E-state index contributed by atoms with van der Waals surface area (Å²) in [5, 5.41) is 2.81. The van der Waals surface area contributed by atoms with E-state index >= 15 is 0 Å². The van der Waals surface area contributed by atoms with Crippen LogP contribution in [0.3, 0.4) is 0 Å². The van der Waals surface area contributed by atoms with Crippen LogP contribution in [0.25, 0.3) is 0 Å². The first kappa shape index (κ1) is 30.6. The molecule has 0 aliphatic rings.